The highest BCUT2D eigenvalue weighted by Gasteiger charge is 2.59. The number of amides is 1. The van der Waals surface area contributed by atoms with Gasteiger partial charge in [0.15, 0.2) is 18.9 Å². The van der Waals surface area contributed by atoms with E-state index in [4.69, 9.17) is 0 Å². The van der Waals surface area contributed by atoms with Crippen molar-refractivity contribution in [2.45, 2.75) is 50.7 Å². The molecule has 0 spiro atoms. The van der Waals surface area contributed by atoms with Gasteiger partial charge in [-0.15, -0.1) is 0 Å². The fourth-order valence-electron chi connectivity index (χ4n) is 6.26. The van der Waals surface area contributed by atoms with Crippen molar-refractivity contribution in [1.82, 2.24) is 9.30 Å². The van der Waals surface area contributed by atoms with E-state index < -0.39 is 18.0 Å². The van der Waals surface area contributed by atoms with Crippen LogP contribution in [-0.2, 0) is 29.3 Å². The van der Waals surface area contributed by atoms with Crippen LogP contribution in [0.15, 0.2) is 72.0 Å². The molecule has 1 amide bonds. The first kappa shape index (κ1) is 30.4. The van der Waals surface area contributed by atoms with Gasteiger partial charge in [-0.2, -0.15) is 4.40 Å². The van der Waals surface area contributed by atoms with Crippen LogP contribution >= 0.6 is 23.1 Å². The Morgan fingerprint density at radius 3 is 2.57 bits per heavy atom. The lowest BCUT2D eigenvalue weighted by atomic mass is 9.77. The summed E-state index contributed by atoms with van der Waals surface area (Å²) in [6, 6.07) is 11.9. The quantitative estimate of drug-likeness (QED) is 0.124. The zero-order valence-electron chi connectivity index (χ0n) is 23.3. The van der Waals surface area contributed by atoms with E-state index in [1.165, 1.54) is 16.2 Å². The van der Waals surface area contributed by atoms with E-state index in [1.54, 1.807) is 18.7 Å². The number of carbonyl (C=O) groups excluding carboxylic acids is 2. The first-order chi connectivity index (χ1) is 19.7. The van der Waals surface area contributed by atoms with Crippen molar-refractivity contribution in [3.63, 3.8) is 0 Å². The standard InChI is InChI=1S/C30H31N4O5S2.BrH/c1-17-23(26(30(38)39)34-25(17)24(18(2)36)27(34)37)22-14-33-16-32(28(40-3)29(33)41-22)13-20-7-4-6-19(10-20)11-31-9-5-8-21(12-31)15-35;/h4-10,12,14,16-18,24-25,35-36H,11,13,15H2,1-3H3;1H/q+1;/p-1/t17-,18+,24+,25+;/m0./s1. The number of hydrogen-bond donors (Lipinski definition) is 2. The molecule has 0 unspecified atom stereocenters. The molecule has 12 heteroatoms. The Labute approximate surface area is 262 Å². The third-order valence-corrected chi connectivity index (χ3v) is 10.1. The Morgan fingerprint density at radius 2 is 1.90 bits per heavy atom. The zero-order valence-corrected chi connectivity index (χ0v) is 26.5. The third kappa shape index (κ3) is 5.09. The second-order valence-corrected chi connectivity index (χ2v) is 12.6. The van der Waals surface area contributed by atoms with E-state index >= 15 is 0 Å². The molecule has 2 aliphatic heterocycles. The number of rotatable bonds is 9. The topological polar surface area (TPSA) is 113 Å². The summed E-state index contributed by atoms with van der Waals surface area (Å²) in [6.45, 7) is 4.86. The van der Waals surface area contributed by atoms with Gasteiger partial charge in [0.1, 0.15) is 12.7 Å². The van der Waals surface area contributed by atoms with Crippen molar-refractivity contribution in [2.24, 2.45) is 11.8 Å². The predicted octanol–water partition coefficient (Wildman–Crippen LogP) is -1.79. The molecule has 1 aromatic carbocycles. The maximum absolute atomic E-state index is 12.7. The van der Waals surface area contributed by atoms with Crippen LogP contribution in [-0.4, -0.2) is 49.8 Å². The van der Waals surface area contributed by atoms with Gasteiger partial charge in [-0.25, -0.2) is 9.13 Å². The number of aliphatic hydroxyl groups is 2. The summed E-state index contributed by atoms with van der Waals surface area (Å²) >= 11 is 3.13. The largest absolute Gasteiger partial charge is 1.00 e. The molecule has 0 radical (unpaired) electrons. The molecule has 0 bridgehead atoms. The van der Waals surface area contributed by atoms with Crippen molar-refractivity contribution in [2.75, 3.05) is 6.26 Å². The van der Waals surface area contributed by atoms with Crippen LogP contribution in [0.3, 0.4) is 0 Å². The van der Waals surface area contributed by atoms with Crippen molar-refractivity contribution in [3.8, 4) is 0 Å². The van der Waals surface area contributed by atoms with Gasteiger partial charge in [0.2, 0.25) is 15.8 Å². The maximum Gasteiger partial charge on any atom is 0.250 e. The molecule has 5 heterocycles. The van der Waals surface area contributed by atoms with Crippen molar-refractivity contribution < 1.29 is 51.0 Å². The molecule has 3 aromatic heterocycles. The number of fused-ring (bicyclic) bond motifs is 2. The van der Waals surface area contributed by atoms with Crippen LogP contribution < -0.4 is 31.2 Å². The van der Waals surface area contributed by atoms with Gasteiger partial charge < -0.3 is 42.0 Å². The van der Waals surface area contributed by atoms with Gasteiger partial charge >= 0.3 is 0 Å². The molecule has 6 rings (SSSR count). The average Bonchev–Trinajstić information content (AvgIpc) is 3.55. The Morgan fingerprint density at radius 1 is 1.19 bits per heavy atom. The number of halogens is 1. The Kier molecular flexibility index (Phi) is 8.64. The summed E-state index contributed by atoms with van der Waals surface area (Å²) in [7, 11) is 0. The molecule has 0 aliphatic carbocycles. The molecule has 1 saturated heterocycles. The minimum Gasteiger partial charge on any atom is -1.00 e. The Bertz CT molecular complexity index is 1710. The molecular formula is C30H31BrN4O5S2. The Balaban J connectivity index is 0.00000353. The first-order valence-corrected chi connectivity index (χ1v) is 15.5. The molecule has 4 aromatic rings. The van der Waals surface area contributed by atoms with Crippen LogP contribution in [0.25, 0.3) is 10.4 Å². The molecule has 2 N–H and O–H groups in total. The van der Waals surface area contributed by atoms with E-state index in [2.05, 4.69) is 33.4 Å². The van der Waals surface area contributed by atoms with E-state index in [-0.39, 0.29) is 47.2 Å². The van der Waals surface area contributed by atoms with Crippen molar-refractivity contribution in [3.05, 3.63) is 88.6 Å². The van der Waals surface area contributed by atoms with Gasteiger partial charge in [-0.05, 0) is 30.9 Å². The zero-order chi connectivity index (χ0) is 29.0. The minimum absolute atomic E-state index is 0. The van der Waals surface area contributed by atoms with Gasteiger partial charge in [0.25, 0.3) is 6.33 Å². The van der Waals surface area contributed by atoms with Gasteiger partial charge in [-0.3, -0.25) is 4.79 Å². The number of aliphatic carboxylic acids is 1. The minimum atomic E-state index is -1.37. The first-order valence-electron chi connectivity index (χ1n) is 13.4. The van der Waals surface area contributed by atoms with Crippen molar-refractivity contribution in [1.29, 1.82) is 0 Å². The van der Waals surface area contributed by atoms with Crippen LogP contribution in [0.5, 0.6) is 0 Å². The number of pyridine rings is 1. The lowest BCUT2D eigenvalue weighted by Gasteiger charge is -2.47. The van der Waals surface area contributed by atoms with E-state index in [0.717, 1.165) is 31.4 Å². The second-order valence-electron chi connectivity index (χ2n) is 10.7. The smallest absolute Gasteiger partial charge is 0.250 e. The summed E-state index contributed by atoms with van der Waals surface area (Å²) in [5, 5.41) is 32.9. The summed E-state index contributed by atoms with van der Waals surface area (Å²) in [5.74, 6) is -2.59. The summed E-state index contributed by atoms with van der Waals surface area (Å²) in [4.78, 5) is 28.0. The molecule has 1 fully saturated rings. The van der Waals surface area contributed by atoms with Crippen LogP contribution in [0.4, 0.5) is 0 Å². The van der Waals surface area contributed by atoms with Gasteiger partial charge in [0.05, 0.1) is 41.2 Å². The number of thiazole rings is 1. The van der Waals surface area contributed by atoms with Gasteiger partial charge in [0, 0.05) is 28.7 Å². The second kappa shape index (κ2) is 11.9. The predicted molar refractivity (Wildman–Crippen MR) is 151 cm³/mol. The van der Waals surface area contributed by atoms with Crippen LogP contribution in [0, 0.1) is 11.8 Å². The molecule has 220 valence electrons. The molecule has 9 nitrogen and oxygen atoms in total. The van der Waals surface area contributed by atoms with Crippen molar-refractivity contribution >= 4 is 45.4 Å². The number of β-lactam (4-membered cyclic amide) rings is 1. The molecular weight excluding hydrogens is 640 g/mol. The van der Waals surface area contributed by atoms with Crippen LogP contribution in [0.1, 0.15) is 35.4 Å². The highest BCUT2D eigenvalue weighted by molar-refractivity contribution is 7.98. The lowest BCUT2D eigenvalue weighted by Crippen LogP contribution is -3.00. The fraction of sp³-hybridized carbons (Fsp3) is 0.333. The lowest BCUT2D eigenvalue weighted by molar-refractivity contribution is -0.721. The number of nitrogens with zero attached hydrogens (tertiary/aromatic N) is 4. The number of thioether (sulfide) groups is 1. The average molecular weight is 672 g/mol. The molecule has 42 heavy (non-hydrogen) atoms. The van der Waals surface area contributed by atoms with Gasteiger partial charge in [-0.1, -0.05) is 48.2 Å². The monoisotopic (exact) mass is 670 g/mol. The highest BCUT2D eigenvalue weighted by Crippen LogP contribution is 2.51. The number of aliphatic hydroxyl groups excluding tert-OH is 2. The molecule has 0 saturated carbocycles. The number of carbonyl (C=O) groups is 2. The summed E-state index contributed by atoms with van der Waals surface area (Å²) in [6.07, 6.45) is 9.06. The summed E-state index contributed by atoms with van der Waals surface area (Å²) < 4.78 is 6.26. The third-order valence-electron chi connectivity index (χ3n) is 8.04. The normalized spacial score (nSPS) is 20.5. The number of imidazole rings is 1. The summed E-state index contributed by atoms with van der Waals surface area (Å²) in [5.41, 5.74) is 3.69. The maximum atomic E-state index is 12.7. The number of carboxylic acid groups (broad SMARTS) is 1. The number of carboxylic acids is 1. The number of benzene rings is 1. The van der Waals surface area contributed by atoms with E-state index in [1.807, 2.05) is 54.6 Å². The number of hydrogen-bond acceptors (Lipinski definition) is 7. The number of aromatic nitrogens is 3. The van der Waals surface area contributed by atoms with Crippen LogP contribution in [0.2, 0.25) is 0 Å². The Hall–Kier alpha value is -3.03. The van der Waals surface area contributed by atoms with E-state index in [0.29, 0.717) is 18.7 Å². The van der Waals surface area contributed by atoms with E-state index in [9.17, 15) is 24.9 Å². The molecule has 4 atom stereocenters. The molecule has 2 aliphatic rings. The highest BCUT2D eigenvalue weighted by atomic mass is 79.9. The fourth-order valence-corrected chi connectivity index (χ4v) is 8.44. The SMILES string of the molecule is CSc1c2sc(C3=C(C(=O)[O-])N4C(=O)[C@H]([C@@H](C)O)[C@H]4[C@H]3C)cn2c[n+]1Cc1cccc(C[n+]2cccc(CO)c2)c1.[Br-].